The molecule has 1 saturated carbocycles. The molecule has 0 bridgehead atoms. The van der Waals surface area contributed by atoms with Crippen molar-refractivity contribution in [3.8, 4) is 5.75 Å². The Morgan fingerprint density at radius 3 is 2.34 bits per heavy atom. The Hall–Kier alpha value is -3.18. The molecule has 9 nitrogen and oxygen atoms in total. The van der Waals surface area contributed by atoms with Crippen molar-refractivity contribution >= 4 is 27.7 Å². The van der Waals surface area contributed by atoms with Gasteiger partial charge in [-0.2, -0.15) is 12.7 Å². The topological polar surface area (TPSA) is 99.3 Å². The van der Waals surface area contributed by atoms with Crippen molar-refractivity contribution in [3.05, 3.63) is 59.9 Å². The summed E-state index contributed by atoms with van der Waals surface area (Å²) in [5.41, 5.74) is 0.855. The number of ether oxygens (including phenoxy) is 1. The first kappa shape index (κ1) is 29.4. The van der Waals surface area contributed by atoms with E-state index in [1.807, 2.05) is 6.07 Å². The minimum Gasteiger partial charge on any atom is -0.497 e. The van der Waals surface area contributed by atoms with E-state index in [1.54, 1.807) is 25.1 Å². The third kappa shape index (κ3) is 7.44. The molecule has 0 aromatic heterocycles. The molecule has 0 radical (unpaired) electrons. The molecule has 2 aromatic rings. The number of methoxy groups -OCH3 is 1. The Morgan fingerprint density at radius 1 is 1.08 bits per heavy atom. The summed E-state index contributed by atoms with van der Waals surface area (Å²) in [6, 6.07) is 11.2. The molecule has 3 rings (SSSR count). The number of carbonyl (C=O) groups excluding carboxylic acids is 2. The summed E-state index contributed by atoms with van der Waals surface area (Å²) in [6.45, 7) is 1.13. The normalized spacial score (nSPS) is 15.1. The maximum Gasteiger partial charge on any atom is 0.304 e. The summed E-state index contributed by atoms with van der Waals surface area (Å²) in [4.78, 5) is 28.4. The Morgan fingerprint density at radius 2 is 1.74 bits per heavy atom. The van der Waals surface area contributed by atoms with Crippen LogP contribution in [-0.4, -0.2) is 69.3 Å². The van der Waals surface area contributed by atoms with Gasteiger partial charge in [0, 0.05) is 26.7 Å². The van der Waals surface area contributed by atoms with E-state index in [4.69, 9.17) is 4.74 Å². The molecule has 1 aliphatic carbocycles. The van der Waals surface area contributed by atoms with Gasteiger partial charge in [0.15, 0.2) is 0 Å². The van der Waals surface area contributed by atoms with E-state index in [2.05, 4.69) is 5.32 Å². The summed E-state index contributed by atoms with van der Waals surface area (Å²) in [5.74, 6) is -0.807. The zero-order chi connectivity index (χ0) is 27.9. The number of hydrogen-bond donors (Lipinski definition) is 1. The van der Waals surface area contributed by atoms with Crippen LogP contribution in [0, 0.1) is 5.82 Å². The molecule has 11 heteroatoms. The molecule has 0 heterocycles. The van der Waals surface area contributed by atoms with Crippen molar-refractivity contribution in [2.45, 2.75) is 57.7 Å². The lowest BCUT2D eigenvalue weighted by molar-refractivity contribution is -0.139. The van der Waals surface area contributed by atoms with E-state index < -0.39 is 34.5 Å². The van der Waals surface area contributed by atoms with Crippen LogP contribution in [0.4, 0.5) is 10.1 Å². The lowest BCUT2D eigenvalue weighted by Crippen LogP contribution is -2.53. The van der Waals surface area contributed by atoms with Gasteiger partial charge in [-0.05, 0) is 61.7 Å². The Kier molecular flexibility index (Phi) is 10.1. The molecule has 0 aliphatic heterocycles. The third-order valence-corrected chi connectivity index (χ3v) is 8.56. The molecular weight excluding hydrogens is 511 g/mol. The van der Waals surface area contributed by atoms with E-state index in [9.17, 15) is 22.4 Å². The van der Waals surface area contributed by atoms with Gasteiger partial charge in [0.1, 0.15) is 24.2 Å². The van der Waals surface area contributed by atoms with Gasteiger partial charge in [0.25, 0.3) is 0 Å². The second-order valence-electron chi connectivity index (χ2n) is 9.67. The maximum atomic E-state index is 13.8. The second-order valence-corrected chi connectivity index (χ2v) is 11.7. The Labute approximate surface area is 224 Å². The molecule has 0 spiro atoms. The van der Waals surface area contributed by atoms with Crippen molar-refractivity contribution in [2.75, 3.05) is 32.1 Å². The van der Waals surface area contributed by atoms with Crippen LogP contribution >= 0.6 is 0 Å². The molecule has 1 atom stereocenters. The lowest BCUT2D eigenvalue weighted by atomic mass is 9.95. The van der Waals surface area contributed by atoms with Gasteiger partial charge in [-0.3, -0.25) is 9.59 Å². The molecule has 1 aliphatic rings. The molecule has 2 amide bonds. The maximum absolute atomic E-state index is 13.8. The largest absolute Gasteiger partial charge is 0.497 e. The van der Waals surface area contributed by atoms with Crippen LogP contribution in [-0.2, 0) is 26.3 Å². The number of carbonyl (C=O) groups is 2. The van der Waals surface area contributed by atoms with Gasteiger partial charge in [-0.1, -0.05) is 31.4 Å². The Balaban J connectivity index is 1.92. The number of halogens is 1. The minimum atomic E-state index is -4.11. The van der Waals surface area contributed by atoms with E-state index in [-0.39, 0.29) is 24.2 Å². The number of amides is 2. The van der Waals surface area contributed by atoms with Gasteiger partial charge in [0.05, 0.1) is 12.8 Å². The monoisotopic (exact) mass is 548 g/mol. The summed E-state index contributed by atoms with van der Waals surface area (Å²) >= 11 is 0. The van der Waals surface area contributed by atoms with E-state index in [0.29, 0.717) is 5.75 Å². The first-order valence-electron chi connectivity index (χ1n) is 12.7. The number of benzene rings is 2. The van der Waals surface area contributed by atoms with Crippen LogP contribution in [0.5, 0.6) is 5.75 Å². The second kappa shape index (κ2) is 13.1. The van der Waals surface area contributed by atoms with Crippen molar-refractivity contribution in [1.29, 1.82) is 0 Å². The zero-order valence-electron chi connectivity index (χ0n) is 22.4. The third-order valence-electron chi connectivity index (χ3n) is 6.74. The Bertz CT molecular complexity index is 1200. The van der Waals surface area contributed by atoms with E-state index >= 15 is 0 Å². The molecule has 0 unspecified atom stereocenters. The quantitative estimate of drug-likeness (QED) is 0.465. The molecule has 1 fully saturated rings. The zero-order valence-corrected chi connectivity index (χ0v) is 23.2. The average Bonchev–Trinajstić information content (AvgIpc) is 2.91. The highest BCUT2D eigenvalue weighted by Gasteiger charge is 2.33. The first-order valence-corrected chi connectivity index (χ1v) is 14.1. The molecule has 0 saturated heterocycles. The SMILES string of the molecule is COc1cccc(CN(C(=O)CN(c2ccc(F)cc2)S(=O)(=O)N(C)C)[C@@H](C)C(=O)NC2CCCCC2)c1. The molecule has 1 N–H and O–H groups in total. The number of nitrogens with zero attached hydrogens (tertiary/aromatic N) is 3. The first-order chi connectivity index (χ1) is 18.0. The highest BCUT2D eigenvalue weighted by atomic mass is 32.2. The van der Waals surface area contributed by atoms with Gasteiger partial charge in [0.2, 0.25) is 11.8 Å². The molecule has 2 aromatic carbocycles. The lowest BCUT2D eigenvalue weighted by Gasteiger charge is -2.34. The van der Waals surface area contributed by atoms with E-state index in [1.165, 1.54) is 38.2 Å². The standard InChI is InChI=1S/C27H37FN4O5S/c1-20(27(34)29-23-10-6-5-7-11-23)31(18-21-9-8-12-25(17-21)37-4)26(33)19-32(38(35,36)30(2)3)24-15-13-22(28)14-16-24/h8-9,12-17,20,23H,5-7,10-11,18-19H2,1-4H3,(H,29,34)/t20-/m0/s1. The highest BCUT2D eigenvalue weighted by molar-refractivity contribution is 7.90. The minimum absolute atomic E-state index is 0.0531. The van der Waals surface area contributed by atoms with Gasteiger partial charge in [-0.25, -0.2) is 8.70 Å². The fourth-order valence-corrected chi connectivity index (χ4v) is 5.50. The van der Waals surface area contributed by atoms with E-state index in [0.717, 1.165) is 58.4 Å². The van der Waals surface area contributed by atoms with Crippen molar-refractivity contribution in [3.63, 3.8) is 0 Å². The summed E-state index contributed by atoms with van der Waals surface area (Å²) < 4.78 is 47.1. The van der Waals surface area contributed by atoms with Crippen LogP contribution in [0.3, 0.4) is 0 Å². The predicted octanol–water partition coefficient (Wildman–Crippen LogP) is 3.31. The van der Waals surface area contributed by atoms with Crippen LogP contribution in [0.25, 0.3) is 0 Å². The summed E-state index contributed by atoms with van der Waals surface area (Å²) in [6.07, 6.45) is 5.01. The van der Waals surface area contributed by atoms with Crippen LogP contribution in [0.15, 0.2) is 48.5 Å². The smallest absolute Gasteiger partial charge is 0.304 e. The van der Waals surface area contributed by atoms with Gasteiger partial charge in [-0.15, -0.1) is 0 Å². The number of anilines is 1. The average molecular weight is 549 g/mol. The predicted molar refractivity (Wildman–Crippen MR) is 144 cm³/mol. The van der Waals surface area contributed by atoms with Crippen LogP contribution in [0.2, 0.25) is 0 Å². The molecule has 208 valence electrons. The highest BCUT2D eigenvalue weighted by Crippen LogP contribution is 2.23. The van der Waals surface area contributed by atoms with Crippen molar-refractivity contribution in [1.82, 2.24) is 14.5 Å². The number of nitrogens with one attached hydrogen (secondary N) is 1. The number of hydrogen-bond acceptors (Lipinski definition) is 5. The fourth-order valence-electron chi connectivity index (χ4n) is 4.44. The van der Waals surface area contributed by atoms with Gasteiger partial charge < -0.3 is 15.0 Å². The van der Waals surface area contributed by atoms with Crippen molar-refractivity contribution in [2.24, 2.45) is 0 Å². The van der Waals surface area contributed by atoms with Crippen LogP contribution in [0.1, 0.15) is 44.6 Å². The molecular formula is C27H37FN4O5S. The fraction of sp³-hybridized carbons (Fsp3) is 0.481. The number of rotatable bonds is 11. The van der Waals surface area contributed by atoms with Crippen molar-refractivity contribution < 1.29 is 27.1 Å². The molecule has 38 heavy (non-hydrogen) atoms. The van der Waals surface area contributed by atoms with Crippen LogP contribution < -0.4 is 14.4 Å². The summed E-state index contributed by atoms with van der Waals surface area (Å²) in [7, 11) is 0.131. The van der Waals surface area contributed by atoms with Gasteiger partial charge >= 0.3 is 10.2 Å². The summed E-state index contributed by atoms with van der Waals surface area (Å²) in [5, 5.41) is 3.06.